The molecular formula is C23H33NO3S. The lowest BCUT2D eigenvalue weighted by molar-refractivity contribution is 0.0664. The summed E-state index contributed by atoms with van der Waals surface area (Å²) in [5.41, 5.74) is 8.78. The quantitative estimate of drug-likeness (QED) is 0.562. The van der Waals surface area contributed by atoms with Crippen LogP contribution in [0.5, 0.6) is 11.5 Å². The van der Waals surface area contributed by atoms with Crippen molar-refractivity contribution in [3.8, 4) is 11.5 Å². The van der Waals surface area contributed by atoms with E-state index in [1.807, 2.05) is 48.2 Å². The molecule has 5 heteroatoms. The van der Waals surface area contributed by atoms with Gasteiger partial charge in [0.15, 0.2) is 11.5 Å². The molecule has 28 heavy (non-hydrogen) atoms. The van der Waals surface area contributed by atoms with E-state index in [0.29, 0.717) is 11.5 Å². The molecule has 0 heterocycles. The second-order valence-corrected chi connectivity index (χ2v) is 8.17. The van der Waals surface area contributed by atoms with Gasteiger partial charge >= 0.3 is 0 Å². The minimum atomic E-state index is -0.730. The van der Waals surface area contributed by atoms with E-state index in [0.717, 1.165) is 25.0 Å². The Labute approximate surface area is 173 Å². The summed E-state index contributed by atoms with van der Waals surface area (Å²) in [7, 11) is 1.63. The predicted molar refractivity (Wildman–Crippen MR) is 118 cm³/mol. The highest BCUT2D eigenvalue weighted by molar-refractivity contribution is 7.98. The molecule has 2 aromatic carbocycles. The number of hydrogen-bond acceptors (Lipinski definition) is 5. The number of aliphatic hydroxyl groups excluding tert-OH is 1. The molecular weight excluding hydrogens is 370 g/mol. The fraction of sp³-hybridized carbons (Fsp3) is 0.478. The normalized spacial score (nSPS) is 14.3. The molecule has 2 rings (SSSR count). The van der Waals surface area contributed by atoms with Gasteiger partial charge in [-0.2, -0.15) is 11.8 Å². The summed E-state index contributed by atoms with van der Waals surface area (Å²) in [6, 6.07) is 16.0. The number of rotatable bonds is 12. The largest absolute Gasteiger partial charge is 0.493 e. The molecule has 0 aliphatic rings. The summed E-state index contributed by atoms with van der Waals surface area (Å²) in [4.78, 5) is 0. The van der Waals surface area contributed by atoms with Crippen molar-refractivity contribution in [3.05, 3.63) is 59.7 Å². The smallest absolute Gasteiger partial charge is 0.161 e. The molecule has 0 fully saturated rings. The molecule has 0 aliphatic heterocycles. The fourth-order valence-corrected chi connectivity index (χ4v) is 3.54. The van der Waals surface area contributed by atoms with E-state index >= 15 is 0 Å². The monoisotopic (exact) mass is 403 g/mol. The van der Waals surface area contributed by atoms with E-state index in [9.17, 15) is 5.11 Å². The predicted octanol–water partition coefficient (Wildman–Crippen LogP) is 3.94. The maximum atomic E-state index is 10.5. The molecule has 0 saturated heterocycles. The molecule has 3 atom stereocenters. The van der Waals surface area contributed by atoms with Gasteiger partial charge in [-0.15, -0.1) is 0 Å². The first-order chi connectivity index (χ1) is 13.5. The minimum Gasteiger partial charge on any atom is -0.493 e. The van der Waals surface area contributed by atoms with Crippen LogP contribution in [-0.4, -0.2) is 43.0 Å². The Morgan fingerprint density at radius 3 is 2.46 bits per heavy atom. The van der Waals surface area contributed by atoms with Crippen LogP contribution in [0.3, 0.4) is 0 Å². The van der Waals surface area contributed by atoms with E-state index in [4.69, 9.17) is 15.2 Å². The van der Waals surface area contributed by atoms with Crippen LogP contribution in [0.25, 0.3) is 0 Å². The number of methoxy groups -OCH3 is 1. The molecule has 0 radical (unpaired) electrons. The van der Waals surface area contributed by atoms with Gasteiger partial charge in [0, 0.05) is 6.04 Å². The van der Waals surface area contributed by atoms with Crippen LogP contribution in [0.2, 0.25) is 0 Å². The van der Waals surface area contributed by atoms with Crippen molar-refractivity contribution in [1.29, 1.82) is 0 Å². The van der Waals surface area contributed by atoms with Crippen LogP contribution in [-0.2, 0) is 12.8 Å². The Hall–Kier alpha value is -1.69. The zero-order valence-electron chi connectivity index (χ0n) is 17.1. The lowest BCUT2D eigenvalue weighted by Gasteiger charge is -2.25. The number of hydrogen-bond donors (Lipinski definition) is 2. The highest BCUT2D eigenvalue weighted by Crippen LogP contribution is 2.29. The Kier molecular flexibility index (Phi) is 9.68. The Balaban J connectivity index is 1.85. The van der Waals surface area contributed by atoms with E-state index < -0.39 is 6.10 Å². The number of aliphatic hydroxyl groups is 1. The zero-order valence-corrected chi connectivity index (χ0v) is 18.0. The molecule has 0 aromatic heterocycles. The first-order valence-corrected chi connectivity index (χ1v) is 11.2. The second-order valence-electron chi connectivity index (χ2n) is 7.19. The van der Waals surface area contributed by atoms with Crippen LogP contribution in [0.15, 0.2) is 48.5 Å². The molecule has 0 spiro atoms. The lowest BCUT2D eigenvalue weighted by atomic mass is 9.91. The lowest BCUT2D eigenvalue weighted by Crippen LogP contribution is -2.43. The summed E-state index contributed by atoms with van der Waals surface area (Å²) >= 11 is 1.82. The Morgan fingerprint density at radius 2 is 1.79 bits per heavy atom. The van der Waals surface area contributed by atoms with Crippen LogP contribution in [0.1, 0.15) is 24.5 Å². The van der Waals surface area contributed by atoms with Crippen molar-refractivity contribution in [2.24, 2.45) is 11.7 Å². The van der Waals surface area contributed by atoms with E-state index in [2.05, 4.69) is 25.3 Å². The summed E-state index contributed by atoms with van der Waals surface area (Å²) in [6.45, 7) is 2.23. The molecule has 154 valence electrons. The van der Waals surface area contributed by atoms with Gasteiger partial charge in [0.2, 0.25) is 0 Å². The van der Waals surface area contributed by atoms with Gasteiger partial charge in [0.25, 0.3) is 0 Å². The first-order valence-electron chi connectivity index (χ1n) is 9.81. The molecule has 0 amide bonds. The highest BCUT2D eigenvalue weighted by Gasteiger charge is 2.22. The molecule has 0 saturated carbocycles. The highest BCUT2D eigenvalue weighted by atomic mass is 32.2. The standard InChI is InChI=1S/C23H33NO3S/c1-17(9-10-18-7-5-4-6-8-18)23(24)20(25)16-27-21-12-11-19(13-14-28-3)15-22(21)26-2/h4-8,11-12,15,17,20,23,25H,9-10,13-14,16,24H2,1-3H3. The number of thioether (sulfide) groups is 1. The third-order valence-electron chi connectivity index (χ3n) is 5.07. The van der Waals surface area contributed by atoms with Crippen LogP contribution >= 0.6 is 11.8 Å². The first kappa shape index (κ1) is 22.6. The van der Waals surface area contributed by atoms with Crippen LogP contribution in [0.4, 0.5) is 0 Å². The van der Waals surface area contributed by atoms with Gasteiger partial charge in [-0.3, -0.25) is 0 Å². The van der Waals surface area contributed by atoms with Crippen LogP contribution < -0.4 is 15.2 Å². The molecule has 2 aromatic rings. The summed E-state index contributed by atoms with van der Waals surface area (Å²) < 4.78 is 11.3. The molecule has 3 unspecified atom stereocenters. The summed E-state index contributed by atoms with van der Waals surface area (Å²) in [6.07, 6.45) is 4.24. The van der Waals surface area contributed by atoms with Crippen molar-refractivity contribution in [3.63, 3.8) is 0 Å². The fourth-order valence-electron chi connectivity index (χ4n) is 3.10. The van der Waals surface area contributed by atoms with Crippen LogP contribution in [0, 0.1) is 5.92 Å². The average molecular weight is 404 g/mol. The number of nitrogens with two attached hydrogens (primary N) is 1. The zero-order chi connectivity index (χ0) is 20.4. The molecule has 4 nitrogen and oxygen atoms in total. The molecule has 3 N–H and O–H groups in total. The van der Waals surface area contributed by atoms with Crippen molar-refractivity contribution in [1.82, 2.24) is 0 Å². The maximum absolute atomic E-state index is 10.5. The summed E-state index contributed by atoms with van der Waals surface area (Å²) in [5, 5.41) is 10.5. The minimum absolute atomic E-state index is 0.150. The Morgan fingerprint density at radius 1 is 1.04 bits per heavy atom. The summed E-state index contributed by atoms with van der Waals surface area (Å²) in [5.74, 6) is 2.59. The van der Waals surface area contributed by atoms with Gasteiger partial charge in [-0.05, 0) is 60.4 Å². The number of ether oxygens (including phenoxy) is 2. The topological polar surface area (TPSA) is 64.7 Å². The van der Waals surface area contributed by atoms with E-state index in [1.165, 1.54) is 11.1 Å². The third-order valence-corrected chi connectivity index (χ3v) is 5.68. The maximum Gasteiger partial charge on any atom is 0.161 e. The van der Waals surface area contributed by atoms with Crippen molar-refractivity contribution in [2.45, 2.75) is 38.3 Å². The average Bonchev–Trinajstić information content (AvgIpc) is 2.74. The van der Waals surface area contributed by atoms with E-state index in [1.54, 1.807) is 7.11 Å². The number of aryl methyl sites for hydroxylation is 2. The Bertz CT molecular complexity index is 696. The molecule has 0 aliphatic carbocycles. The SMILES string of the molecule is COc1cc(CCSC)ccc1OCC(O)C(N)C(C)CCc1ccccc1. The van der Waals surface area contributed by atoms with Gasteiger partial charge in [-0.1, -0.05) is 43.3 Å². The van der Waals surface area contributed by atoms with Gasteiger partial charge < -0.3 is 20.3 Å². The number of benzene rings is 2. The second kappa shape index (κ2) is 12.0. The molecule has 0 bridgehead atoms. The van der Waals surface area contributed by atoms with Crippen molar-refractivity contribution >= 4 is 11.8 Å². The van der Waals surface area contributed by atoms with Gasteiger partial charge in [0.1, 0.15) is 12.7 Å². The van der Waals surface area contributed by atoms with Crippen molar-refractivity contribution in [2.75, 3.05) is 25.7 Å². The van der Waals surface area contributed by atoms with E-state index in [-0.39, 0.29) is 18.6 Å². The van der Waals surface area contributed by atoms with Gasteiger partial charge in [0.05, 0.1) is 7.11 Å². The van der Waals surface area contributed by atoms with Crippen molar-refractivity contribution < 1.29 is 14.6 Å². The van der Waals surface area contributed by atoms with Gasteiger partial charge in [-0.25, -0.2) is 0 Å². The third kappa shape index (κ3) is 7.04.